The minimum Gasteiger partial charge on any atom is -0.458 e. The van der Waals surface area contributed by atoms with Crippen LogP contribution in [0.15, 0.2) is 24.3 Å². The van der Waals surface area contributed by atoms with Crippen molar-refractivity contribution < 1.29 is 75.2 Å². The highest BCUT2D eigenvalue weighted by Gasteiger charge is 2.49. The molecule has 332 valence electrons. The van der Waals surface area contributed by atoms with E-state index in [4.69, 9.17) is 9.47 Å². The van der Waals surface area contributed by atoms with Gasteiger partial charge in [-0.15, -0.1) is 0 Å². The van der Waals surface area contributed by atoms with E-state index in [1.54, 1.807) is 46.8 Å². The molecule has 0 amide bonds. The van der Waals surface area contributed by atoms with Gasteiger partial charge in [0.05, 0.1) is 61.0 Å². The van der Waals surface area contributed by atoms with Crippen LogP contribution in [-0.2, 0) is 19.1 Å². The van der Waals surface area contributed by atoms with Crippen molar-refractivity contribution in [3.8, 4) is 0 Å². The van der Waals surface area contributed by atoms with Gasteiger partial charge in [0.1, 0.15) is 12.2 Å². The number of Topliss-reactive ketones (excluding diaryl/α,β-unsaturated/α-hetero) is 1. The van der Waals surface area contributed by atoms with Crippen molar-refractivity contribution in [1.29, 1.82) is 0 Å². The van der Waals surface area contributed by atoms with Crippen molar-refractivity contribution >= 4 is 11.8 Å². The Balaban J connectivity index is 2.18. The topological polar surface area (TPSA) is 275 Å². The van der Waals surface area contributed by atoms with E-state index in [2.05, 4.69) is 0 Å². The number of carbonyl (C=O) groups is 2. The van der Waals surface area contributed by atoms with Gasteiger partial charge in [-0.3, -0.25) is 4.79 Å². The molecule has 2 aliphatic heterocycles. The number of cyclic esters (lactones) is 1. The Kier molecular flexibility index (Phi) is 22.5. The summed E-state index contributed by atoms with van der Waals surface area (Å²) in [4.78, 5) is 26.1. The summed E-state index contributed by atoms with van der Waals surface area (Å²) < 4.78 is 11.4. The second-order valence-electron chi connectivity index (χ2n) is 17.2. The fourth-order valence-corrected chi connectivity index (χ4v) is 7.64. The molecule has 0 aliphatic carbocycles. The van der Waals surface area contributed by atoms with E-state index in [9.17, 15) is 65.8 Å². The summed E-state index contributed by atoms with van der Waals surface area (Å²) in [5, 5.41) is 117. The first-order chi connectivity index (χ1) is 26.6. The lowest BCUT2D eigenvalue weighted by atomic mass is 9.86. The number of aliphatic hydroxyl groups is 11. The molecule has 0 saturated carbocycles. The van der Waals surface area contributed by atoms with E-state index in [0.29, 0.717) is 19.3 Å². The Hall–Kier alpha value is -1.86. The number of aliphatic hydroxyl groups excluding tert-OH is 10. The van der Waals surface area contributed by atoms with Crippen LogP contribution in [0.4, 0.5) is 0 Å². The first kappa shape index (κ1) is 51.3. The first-order valence-corrected chi connectivity index (χ1v) is 20.9. The first-order valence-electron chi connectivity index (χ1n) is 20.9. The standard InChI is InChI=1S/C42H74O15/c1-24-14-17-38(52)56-40(27(4)28(5)43)26(3)13-16-30(45)8-6-10-31(46)18-33(48)19-34(49)20-36-21-35(50)23-42(55,57-36)41(54)39(53)25(2)12-15-29(44)9-7-11-32(47)22-37(24)51/h13-14,16-17,24-37,39-40,43-51,53,55H,6-12,15,18-23H2,1-5H3/b16-13+,17-14+/t24-,25+,26-,27-,28?,29?,30?,31?,32+,33?,34+,35-,36+,37+,39-,40?,42+/m0/s1. The molecule has 0 radical (unpaired) electrons. The molecule has 15 heteroatoms. The maximum absolute atomic E-state index is 13.3. The van der Waals surface area contributed by atoms with Gasteiger partial charge >= 0.3 is 5.97 Å². The highest BCUT2D eigenvalue weighted by molar-refractivity contribution is 5.90. The Labute approximate surface area is 338 Å². The fourth-order valence-electron chi connectivity index (χ4n) is 7.64. The molecule has 57 heavy (non-hydrogen) atoms. The maximum atomic E-state index is 13.3. The summed E-state index contributed by atoms with van der Waals surface area (Å²) in [6.07, 6.45) is -4.72. The number of ether oxygens (including phenoxy) is 2. The summed E-state index contributed by atoms with van der Waals surface area (Å²) in [5.41, 5.74) is 0. The van der Waals surface area contributed by atoms with Crippen LogP contribution in [0.5, 0.6) is 0 Å². The predicted octanol–water partition coefficient (Wildman–Crippen LogP) is 1.32. The van der Waals surface area contributed by atoms with Crippen molar-refractivity contribution in [2.45, 2.75) is 204 Å². The number of esters is 1. The molecule has 0 aromatic carbocycles. The van der Waals surface area contributed by atoms with Gasteiger partial charge in [0.15, 0.2) is 0 Å². The smallest absolute Gasteiger partial charge is 0.330 e. The van der Waals surface area contributed by atoms with Crippen molar-refractivity contribution in [3.63, 3.8) is 0 Å². The zero-order valence-electron chi connectivity index (χ0n) is 34.5. The maximum Gasteiger partial charge on any atom is 0.330 e. The third-order valence-corrected chi connectivity index (χ3v) is 11.6. The minimum absolute atomic E-state index is 0.00607. The van der Waals surface area contributed by atoms with Gasteiger partial charge in [-0.25, -0.2) is 4.79 Å². The average molecular weight is 819 g/mol. The monoisotopic (exact) mass is 819 g/mol. The molecular weight excluding hydrogens is 744 g/mol. The number of fused-ring (bicyclic) bond motifs is 2. The summed E-state index contributed by atoms with van der Waals surface area (Å²) in [6, 6.07) is 0. The van der Waals surface area contributed by atoms with Crippen LogP contribution in [-0.4, -0.2) is 147 Å². The molecule has 0 aromatic rings. The van der Waals surface area contributed by atoms with E-state index in [1.165, 1.54) is 12.2 Å². The Morgan fingerprint density at radius 3 is 1.86 bits per heavy atom. The van der Waals surface area contributed by atoms with Crippen LogP contribution < -0.4 is 0 Å². The molecule has 2 rings (SSSR count). The molecule has 1 fully saturated rings. The van der Waals surface area contributed by atoms with Crippen LogP contribution in [0.3, 0.4) is 0 Å². The van der Waals surface area contributed by atoms with Crippen LogP contribution >= 0.6 is 0 Å². The second-order valence-corrected chi connectivity index (χ2v) is 17.2. The van der Waals surface area contributed by atoms with Crippen molar-refractivity contribution in [1.82, 2.24) is 0 Å². The zero-order valence-corrected chi connectivity index (χ0v) is 34.5. The quantitative estimate of drug-likeness (QED) is 0.139. The number of hydrogen-bond donors (Lipinski definition) is 11. The van der Waals surface area contributed by atoms with Crippen LogP contribution in [0, 0.1) is 23.7 Å². The van der Waals surface area contributed by atoms with Crippen LogP contribution in [0.2, 0.25) is 0 Å². The number of ketones is 1. The zero-order chi connectivity index (χ0) is 43.0. The Morgan fingerprint density at radius 1 is 0.649 bits per heavy atom. The Bertz CT molecular complexity index is 1230. The lowest BCUT2D eigenvalue weighted by molar-refractivity contribution is -0.266. The number of rotatable bonds is 2. The summed E-state index contributed by atoms with van der Waals surface area (Å²) in [5.74, 6) is -6.33. The lowest BCUT2D eigenvalue weighted by Gasteiger charge is -2.40. The molecular formula is C42H74O15. The van der Waals surface area contributed by atoms with Gasteiger partial charge in [-0.1, -0.05) is 45.9 Å². The van der Waals surface area contributed by atoms with E-state index in [1.807, 2.05) is 0 Å². The molecule has 1 saturated heterocycles. The molecule has 0 spiro atoms. The van der Waals surface area contributed by atoms with Crippen LogP contribution in [0.1, 0.15) is 125 Å². The van der Waals surface area contributed by atoms with Gasteiger partial charge in [0.2, 0.25) is 11.6 Å². The fraction of sp³-hybridized carbons (Fsp3) is 0.857. The largest absolute Gasteiger partial charge is 0.458 e. The molecule has 2 aliphatic rings. The van der Waals surface area contributed by atoms with Gasteiger partial charge in [0.25, 0.3) is 0 Å². The third-order valence-electron chi connectivity index (χ3n) is 11.6. The normalized spacial score (nSPS) is 42.8. The molecule has 6 unspecified atom stereocenters. The second kappa shape index (κ2) is 25.0. The van der Waals surface area contributed by atoms with E-state index >= 15 is 0 Å². The van der Waals surface area contributed by atoms with Gasteiger partial charge in [-0.05, 0) is 96.3 Å². The summed E-state index contributed by atoms with van der Waals surface area (Å²) in [7, 11) is 0. The van der Waals surface area contributed by atoms with Gasteiger partial charge < -0.3 is 65.6 Å². The molecule has 15 nitrogen and oxygen atoms in total. The summed E-state index contributed by atoms with van der Waals surface area (Å²) in [6.45, 7) is 8.39. The SMILES string of the molecule is CC(O)[C@H](C)C1OC(=O)/C=C/[C@H](C)[C@H](O)C[C@H](O)CCCC(O)CC[C@@H](C)[C@H](O)C(=O)[C@@]2(O)C[C@@H](O)C[C@@H](C[C@H](O)CC(O)CC(O)CCCC(O)/C=C/[C@@H]1C)O2. The van der Waals surface area contributed by atoms with Crippen LogP contribution in [0.25, 0.3) is 0 Å². The predicted molar refractivity (Wildman–Crippen MR) is 210 cm³/mol. The van der Waals surface area contributed by atoms with E-state index in [-0.39, 0.29) is 64.2 Å². The highest BCUT2D eigenvalue weighted by Crippen LogP contribution is 2.33. The molecule has 17 atom stereocenters. The van der Waals surface area contributed by atoms with E-state index < -0.39 is 121 Å². The van der Waals surface area contributed by atoms with Crippen molar-refractivity contribution in [2.24, 2.45) is 23.7 Å². The van der Waals surface area contributed by atoms with Crippen molar-refractivity contribution in [3.05, 3.63) is 24.3 Å². The Morgan fingerprint density at radius 2 is 1.21 bits per heavy atom. The molecule has 2 heterocycles. The van der Waals surface area contributed by atoms with Crippen molar-refractivity contribution in [2.75, 3.05) is 0 Å². The number of hydrogen-bond acceptors (Lipinski definition) is 15. The summed E-state index contributed by atoms with van der Waals surface area (Å²) >= 11 is 0. The highest BCUT2D eigenvalue weighted by atomic mass is 16.6. The van der Waals surface area contributed by atoms with E-state index in [0.717, 1.165) is 0 Å². The average Bonchev–Trinajstić information content (AvgIpc) is 3.11. The third kappa shape index (κ3) is 18.5. The molecule has 11 N–H and O–H groups in total. The minimum atomic E-state index is -2.52. The number of carbonyl (C=O) groups excluding carboxylic acids is 2. The van der Waals surface area contributed by atoms with Gasteiger partial charge in [-0.2, -0.15) is 0 Å². The van der Waals surface area contributed by atoms with Gasteiger partial charge in [0, 0.05) is 30.3 Å². The lowest BCUT2D eigenvalue weighted by Crippen LogP contribution is -2.56. The molecule has 2 bridgehead atoms. The molecule has 0 aromatic heterocycles.